The van der Waals surface area contributed by atoms with Crippen LogP contribution in [0.1, 0.15) is 5.56 Å². The van der Waals surface area contributed by atoms with Gasteiger partial charge in [0, 0.05) is 13.7 Å². The van der Waals surface area contributed by atoms with Gasteiger partial charge in [-0.3, -0.25) is 0 Å². The van der Waals surface area contributed by atoms with Crippen molar-refractivity contribution in [1.29, 1.82) is 0 Å². The zero-order valence-corrected chi connectivity index (χ0v) is 11.6. The molecule has 0 fully saturated rings. The van der Waals surface area contributed by atoms with Crippen LogP contribution in [0.2, 0.25) is 0 Å². The van der Waals surface area contributed by atoms with Gasteiger partial charge in [0.25, 0.3) is 0 Å². The first kappa shape index (κ1) is 17.1. The maximum atomic E-state index is 12.1. The fourth-order valence-corrected chi connectivity index (χ4v) is 1.41. The molecular weight excluding hydrogens is 287 g/mol. The molecule has 0 amide bonds. The highest BCUT2D eigenvalue weighted by Gasteiger charge is 2.28. The van der Waals surface area contributed by atoms with Gasteiger partial charge in [0.15, 0.2) is 12.6 Å². The van der Waals surface area contributed by atoms with E-state index in [2.05, 4.69) is 15.0 Å². The number of alkyl halides is 3. The summed E-state index contributed by atoms with van der Waals surface area (Å²) in [6.45, 7) is -0.0486. The molecule has 8 heteroatoms. The molecule has 0 aliphatic heterocycles. The molecule has 0 spiro atoms. The number of hydrogen-bond acceptors (Lipinski definition) is 3. The number of halogens is 3. The second-order valence-corrected chi connectivity index (χ2v) is 4.17. The van der Waals surface area contributed by atoms with E-state index in [-0.39, 0.29) is 18.3 Å². The lowest BCUT2D eigenvalue weighted by molar-refractivity contribution is -0.153. The summed E-state index contributed by atoms with van der Waals surface area (Å²) in [7, 11) is 1.57. The fraction of sp³-hybridized carbons (Fsp3) is 0.462. The maximum Gasteiger partial charge on any atom is 0.422 e. The van der Waals surface area contributed by atoms with E-state index in [1.165, 1.54) is 12.1 Å². The molecule has 1 rings (SSSR count). The fourth-order valence-electron chi connectivity index (χ4n) is 1.41. The van der Waals surface area contributed by atoms with E-state index in [0.29, 0.717) is 18.7 Å². The Morgan fingerprint density at radius 3 is 2.81 bits per heavy atom. The molecule has 1 aromatic rings. The van der Waals surface area contributed by atoms with Crippen molar-refractivity contribution < 1.29 is 22.6 Å². The average Bonchev–Trinajstić information content (AvgIpc) is 2.43. The van der Waals surface area contributed by atoms with E-state index in [1.54, 1.807) is 19.2 Å². The molecule has 118 valence electrons. The van der Waals surface area contributed by atoms with Crippen LogP contribution in [0, 0.1) is 0 Å². The molecule has 5 nitrogen and oxygen atoms in total. The van der Waals surface area contributed by atoms with E-state index in [1.807, 2.05) is 0 Å². The molecule has 0 heterocycles. The number of rotatable bonds is 7. The van der Waals surface area contributed by atoms with Gasteiger partial charge in [0.1, 0.15) is 5.75 Å². The summed E-state index contributed by atoms with van der Waals surface area (Å²) in [5.74, 6) is 0.389. The van der Waals surface area contributed by atoms with Gasteiger partial charge in [-0.05, 0) is 17.7 Å². The Hall–Kier alpha value is -1.96. The molecule has 1 aromatic carbocycles. The van der Waals surface area contributed by atoms with Crippen LogP contribution in [0.3, 0.4) is 0 Å². The minimum atomic E-state index is -4.36. The molecule has 0 aromatic heterocycles. The lowest BCUT2D eigenvalue weighted by atomic mass is 10.2. The third-order valence-corrected chi connectivity index (χ3v) is 2.35. The lowest BCUT2D eigenvalue weighted by Crippen LogP contribution is -2.34. The Morgan fingerprint density at radius 1 is 1.38 bits per heavy atom. The van der Waals surface area contributed by atoms with Crippen molar-refractivity contribution in [1.82, 2.24) is 5.32 Å². The number of nitrogens with zero attached hydrogens (tertiary/aromatic N) is 1. The van der Waals surface area contributed by atoms with E-state index in [4.69, 9.17) is 10.5 Å². The van der Waals surface area contributed by atoms with E-state index in [9.17, 15) is 13.2 Å². The Kier molecular flexibility index (Phi) is 6.80. The van der Waals surface area contributed by atoms with Crippen LogP contribution < -0.4 is 15.8 Å². The van der Waals surface area contributed by atoms with Gasteiger partial charge in [-0.2, -0.15) is 13.2 Å². The molecule has 0 aliphatic carbocycles. The van der Waals surface area contributed by atoms with E-state index >= 15 is 0 Å². The van der Waals surface area contributed by atoms with Crippen LogP contribution in [0.4, 0.5) is 13.2 Å². The minimum Gasteiger partial charge on any atom is -0.484 e. The number of nitrogens with one attached hydrogen (secondary N) is 1. The van der Waals surface area contributed by atoms with Crippen molar-refractivity contribution in [3.05, 3.63) is 29.8 Å². The van der Waals surface area contributed by atoms with Crippen molar-refractivity contribution in [2.75, 3.05) is 26.9 Å². The van der Waals surface area contributed by atoms with Crippen LogP contribution in [-0.4, -0.2) is 39.0 Å². The molecule has 0 unspecified atom stereocenters. The number of ether oxygens (including phenoxy) is 2. The second-order valence-electron chi connectivity index (χ2n) is 4.17. The third kappa shape index (κ3) is 8.03. The topological polar surface area (TPSA) is 68.9 Å². The number of hydrogen-bond donors (Lipinski definition) is 2. The highest BCUT2D eigenvalue weighted by molar-refractivity contribution is 5.77. The highest BCUT2D eigenvalue weighted by Crippen LogP contribution is 2.19. The normalized spacial score (nSPS) is 12.3. The molecule has 0 radical (unpaired) electrons. The summed E-state index contributed by atoms with van der Waals surface area (Å²) in [6.07, 6.45) is -4.36. The summed E-state index contributed by atoms with van der Waals surface area (Å²) >= 11 is 0. The maximum absolute atomic E-state index is 12.1. The number of nitrogens with two attached hydrogens (primary N) is 1. The highest BCUT2D eigenvalue weighted by atomic mass is 19.4. The SMILES string of the molecule is COCCNC(N)=NCc1cccc(OCC(F)(F)F)c1. The van der Waals surface area contributed by atoms with Crippen LogP contribution in [0.15, 0.2) is 29.3 Å². The first-order valence-electron chi connectivity index (χ1n) is 6.22. The van der Waals surface area contributed by atoms with Crippen LogP contribution >= 0.6 is 0 Å². The zero-order valence-electron chi connectivity index (χ0n) is 11.6. The predicted octanol–water partition coefficient (Wildman–Crippen LogP) is 1.68. The van der Waals surface area contributed by atoms with Gasteiger partial charge >= 0.3 is 6.18 Å². The number of benzene rings is 1. The predicted molar refractivity (Wildman–Crippen MR) is 73.2 cm³/mol. The quantitative estimate of drug-likeness (QED) is 0.457. The largest absolute Gasteiger partial charge is 0.484 e. The van der Waals surface area contributed by atoms with Crippen LogP contribution in [0.25, 0.3) is 0 Å². The molecule has 0 aliphatic rings. The van der Waals surface area contributed by atoms with Gasteiger partial charge < -0.3 is 20.5 Å². The number of aliphatic imine (C=N–C) groups is 1. The van der Waals surface area contributed by atoms with Gasteiger partial charge in [-0.15, -0.1) is 0 Å². The molecule has 0 saturated heterocycles. The average molecular weight is 305 g/mol. The smallest absolute Gasteiger partial charge is 0.422 e. The standard InChI is InChI=1S/C13H18F3N3O2/c1-20-6-5-18-12(17)19-8-10-3-2-4-11(7-10)21-9-13(14,15)16/h2-4,7H,5-6,8-9H2,1H3,(H3,17,18,19). The number of methoxy groups -OCH3 is 1. The first-order chi connectivity index (χ1) is 9.90. The van der Waals surface area contributed by atoms with E-state index in [0.717, 1.165) is 0 Å². The Morgan fingerprint density at radius 2 is 2.14 bits per heavy atom. The van der Waals surface area contributed by atoms with Crippen LogP contribution in [0.5, 0.6) is 5.75 Å². The van der Waals surface area contributed by atoms with Gasteiger partial charge in [0.2, 0.25) is 0 Å². The van der Waals surface area contributed by atoms with Crippen LogP contribution in [-0.2, 0) is 11.3 Å². The monoisotopic (exact) mass is 305 g/mol. The van der Waals surface area contributed by atoms with Crippen molar-refractivity contribution in [3.63, 3.8) is 0 Å². The van der Waals surface area contributed by atoms with E-state index < -0.39 is 12.8 Å². The lowest BCUT2D eigenvalue weighted by Gasteiger charge is -2.10. The Labute approximate surface area is 120 Å². The van der Waals surface area contributed by atoms with Crippen molar-refractivity contribution in [2.24, 2.45) is 10.7 Å². The molecule has 0 atom stereocenters. The van der Waals surface area contributed by atoms with Crippen molar-refractivity contribution >= 4 is 5.96 Å². The summed E-state index contributed by atoms with van der Waals surface area (Å²) in [5.41, 5.74) is 6.32. The minimum absolute atomic E-state index is 0.144. The van der Waals surface area contributed by atoms with Gasteiger partial charge in [-0.1, -0.05) is 12.1 Å². The summed E-state index contributed by atoms with van der Waals surface area (Å²) in [5, 5.41) is 2.84. The molecule has 3 N–H and O–H groups in total. The summed E-state index contributed by atoms with van der Waals surface area (Å²) in [4.78, 5) is 4.07. The summed E-state index contributed by atoms with van der Waals surface area (Å²) < 4.78 is 45.7. The molecule has 21 heavy (non-hydrogen) atoms. The molecule has 0 saturated carbocycles. The van der Waals surface area contributed by atoms with Gasteiger partial charge in [-0.25, -0.2) is 4.99 Å². The Balaban J connectivity index is 2.50. The molecular formula is C13H18F3N3O2. The summed E-state index contributed by atoms with van der Waals surface area (Å²) in [6, 6.07) is 6.29. The zero-order chi connectivity index (χ0) is 15.7. The molecule has 0 bridgehead atoms. The first-order valence-corrected chi connectivity index (χ1v) is 6.22. The Bertz CT molecular complexity index is 464. The van der Waals surface area contributed by atoms with Crippen molar-refractivity contribution in [2.45, 2.75) is 12.7 Å². The second kappa shape index (κ2) is 8.35. The number of guanidine groups is 1. The van der Waals surface area contributed by atoms with Gasteiger partial charge in [0.05, 0.1) is 13.2 Å². The van der Waals surface area contributed by atoms with Crippen molar-refractivity contribution in [3.8, 4) is 5.75 Å². The third-order valence-electron chi connectivity index (χ3n) is 2.35.